The Labute approximate surface area is 113 Å². The van der Waals surface area contributed by atoms with Crippen LogP contribution in [0, 0.1) is 0 Å². The number of hydrogen-bond acceptors (Lipinski definition) is 3. The smallest absolute Gasteiger partial charge is 0.124 e. The molecule has 1 aromatic carbocycles. The molecule has 19 heavy (non-hydrogen) atoms. The third-order valence-electron chi connectivity index (χ3n) is 3.43. The molecule has 1 atom stereocenters. The van der Waals surface area contributed by atoms with Crippen molar-refractivity contribution in [3.05, 3.63) is 42.2 Å². The van der Waals surface area contributed by atoms with Crippen LogP contribution < -0.4 is 10.1 Å². The minimum Gasteiger partial charge on any atom is -0.493 e. The second-order valence-electron chi connectivity index (χ2n) is 5.17. The lowest BCUT2D eigenvalue weighted by molar-refractivity contribution is 0.274. The molecule has 0 fully saturated rings. The molecule has 3 rings (SSSR count). The van der Waals surface area contributed by atoms with E-state index in [0.717, 1.165) is 24.5 Å². The fourth-order valence-corrected chi connectivity index (χ4v) is 2.39. The summed E-state index contributed by atoms with van der Waals surface area (Å²) in [5.74, 6) is 0.988. The molecule has 0 amide bonds. The van der Waals surface area contributed by atoms with Gasteiger partial charge < -0.3 is 10.1 Å². The van der Waals surface area contributed by atoms with Crippen LogP contribution in [-0.2, 0) is 0 Å². The highest BCUT2D eigenvalue weighted by molar-refractivity contribution is 5.46. The second-order valence-corrected chi connectivity index (χ2v) is 5.17. The minimum atomic E-state index is 0.301. The van der Waals surface area contributed by atoms with Crippen LogP contribution in [0.2, 0.25) is 0 Å². The van der Waals surface area contributed by atoms with Gasteiger partial charge in [0.25, 0.3) is 0 Å². The molecular weight excluding hydrogens is 238 g/mol. The summed E-state index contributed by atoms with van der Waals surface area (Å²) >= 11 is 0. The van der Waals surface area contributed by atoms with E-state index < -0.39 is 0 Å². The highest BCUT2D eigenvalue weighted by Crippen LogP contribution is 2.33. The lowest BCUT2D eigenvalue weighted by Gasteiger charge is -2.26. The third kappa shape index (κ3) is 2.43. The fourth-order valence-electron chi connectivity index (χ4n) is 2.39. The quantitative estimate of drug-likeness (QED) is 0.916. The SMILES string of the molecule is CC(C)n1cc(NC2CCOc3ccccc32)cn1. The van der Waals surface area contributed by atoms with Gasteiger partial charge in [0.2, 0.25) is 0 Å². The highest BCUT2D eigenvalue weighted by Gasteiger charge is 2.21. The van der Waals surface area contributed by atoms with E-state index in [4.69, 9.17) is 4.74 Å². The van der Waals surface area contributed by atoms with Gasteiger partial charge in [0.1, 0.15) is 5.75 Å². The molecule has 2 aromatic rings. The van der Waals surface area contributed by atoms with Gasteiger partial charge in [0, 0.05) is 24.2 Å². The van der Waals surface area contributed by atoms with Gasteiger partial charge in [-0.25, -0.2) is 0 Å². The maximum Gasteiger partial charge on any atom is 0.124 e. The van der Waals surface area contributed by atoms with E-state index in [-0.39, 0.29) is 0 Å². The molecule has 2 heterocycles. The van der Waals surface area contributed by atoms with Crippen molar-refractivity contribution in [3.8, 4) is 5.75 Å². The van der Waals surface area contributed by atoms with Crippen molar-refractivity contribution >= 4 is 5.69 Å². The second kappa shape index (κ2) is 4.96. The number of hydrogen-bond donors (Lipinski definition) is 1. The number of rotatable bonds is 3. The van der Waals surface area contributed by atoms with Crippen LogP contribution >= 0.6 is 0 Å². The molecular formula is C15H19N3O. The standard InChI is InChI=1S/C15H19N3O/c1-11(2)18-10-12(9-16-18)17-14-7-8-19-15-6-4-3-5-13(14)15/h3-6,9-11,14,17H,7-8H2,1-2H3. The lowest BCUT2D eigenvalue weighted by atomic mass is 10.0. The largest absolute Gasteiger partial charge is 0.493 e. The maximum absolute atomic E-state index is 5.67. The van der Waals surface area contributed by atoms with E-state index in [1.165, 1.54) is 5.56 Å². The van der Waals surface area contributed by atoms with Crippen LogP contribution in [0.4, 0.5) is 5.69 Å². The zero-order valence-corrected chi connectivity index (χ0v) is 11.3. The molecule has 0 saturated heterocycles. The molecule has 0 saturated carbocycles. The van der Waals surface area contributed by atoms with Crippen molar-refractivity contribution in [2.24, 2.45) is 0 Å². The fraction of sp³-hybridized carbons (Fsp3) is 0.400. The predicted molar refractivity (Wildman–Crippen MR) is 75.5 cm³/mol. The molecule has 0 aliphatic carbocycles. The number of para-hydroxylation sites is 1. The number of ether oxygens (including phenoxy) is 1. The van der Waals surface area contributed by atoms with Gasteiger partial charge in [0.05, 0.1) is 24.5 Å². The number of nitrogens with one attached hydrogen (secondary N) is 1. The molecule has 0 radical (unpaired) electrons. The van der Waals surface area contributed by atoms with Crippen LogP contribution in [0.1, 0.15) is 37.9 Å². The van der Waals surface area contributed by atoms with Gasteiger partial charge in [0.15, 0.2) is 0 Å². The Bertz CT molecular complexity index is 562. The Balaban J connectivity index is 1.80. The minimum absolute atomic E-state index is 0.301. The van der Waals surface area contributed by atoms with E-state index in [1.54, 1.807) is 0 Å². The van der Waals surface area contributed by atoms with E-state index in [2.05, 4.69) is 42.6 Å². The summed E-state index contributed by atoms with van der Waals surface area (Å²) < 4.78 is 7.64. The highest BCUT2D eigenvalue weighted by atomic mass is 16.5. The first kappa shape index (κ1) is 12.1. The van der Waals surface area contributed by atoms with Gasteiger partial charge in [-0.05, 0) is 19.9 Å². The molecule has 100 valence electrons. The Kier molecular flexibility index (Phi) is 3.15. The number of aromatic nitrogens is 2. The van der Waals surface area contributed by atoms with Crippen molar-refractivity contribution in [2.75, 3.05) is 11.9 Å². The average Bonchev–Trinajstić information content (AvgIpc) is 2.88. The van der Waals surface area contributed by atoms with E-state index in [9.17, 15) is 0 Å². The summed E-state index contributed by atoms with van der Waals surface area (Å²) in [6, 6.07) is 8.91. The first-order valence-electron chi connectivity index (χ1n) is 6.76. The molecule has 1 unspecified atom stereocenters. The van der Waals surface area contributed by atoms with Crippen LogP contribution in [0.25, 0.3) is 0 Å². The van der Waals surface area contributed by atoms with Crippen molar-refractivity contribution in [3.63, 3.8) is 0 Å². The summed E-state index contributed by atoms with van der Waals surface area (Å²) in [5, 5.41) is 7.91. The molecule has 0 bridgehead atoms. The van der Waals surface area contributed by atoms with Gasteiger partial charge in [-0.1, -0.05) is 18.2 Å². The Morgan fingerprint density at radius 1 is 1.37 bits per heavy atom. The van der Waals surface area contributed by atoms with Crippen molar-refractivity contribution in [2.45, 2.75) is 32.4 Å². The van der Waals surface area contributed by atoms with Crippen molar-refractivity contribution in [1.29, 1.82) is 0 Å². The van der Waals surface area contributed by atoms with Crippen LogP contribution in [-0.4, -0.2) is 16.4 Å². The Hall–Kier alpha value is -1.97. The summed E-state index contributed by atoms with van der Waals surface area (Å²) in [7, 11) is 0. The zero-order valence-electron chi connectivity index (χ0n) is 11.3. The predicted octanol–water partition coefficient (Wildman–Crippen LogP) is 3.40. The molecule has 0 spiro atoms. The normalized spacial score (nSPS) is 17.9. The van der Waals surface area contributed by atoms with E-state index >= 15 is 0 Å². The van der Waals surface area contributed by atoms with Gasteiger partial charge in [-0.2, -0.15) is 5.10 Å². The molecule has 4 nitrogen and oxygen atoms in total. The lowest BCUT2D eigenvalue weighted by Crippen LogP contribution is -2.20. The summed E-state index contributed by atoms with van der Waals surface area (Å²) in [4.78, 5) is 0. The summed E-state index contributed by atoms with van der Waals surface area (Å²) in [5.41, 5.74) is 2.29. The maximum atomic E-state index is 5.67. The summed E-state index contributed by atoms with van der Waals surface area (Å²) in [6.07, 6.45) is 4.92. The number of anilines is 1. The average molecular weight is 257 g/mol. The van der Waals surface area contributed by atoms with Crippen LogP contribution in [0.3, 0.4) is 0 Å². The van der Waals surface area contributed by atoms with Crippen LogP contribution in [0.15, 0.2) is 36.7 Å². The number of nitrogens with zero attached hydrogens (tertiary/aromatic N) is 2. The molecule has 1 aliphatic heterocycles. The molecule has 1 aliphatic rings. The number of fused-ring (bicyclic) bond motifs is 1. The van der Waals surface area contributed by atoms with Crippen LogP contribution in [0.5, 0.6) is 5.75 Å². The van der Waals surface area contributed by atoms with E-state index in [1.807, 2.05) is 23.0 Å². The summed E-state index contributed by atoms with van der Waals surface area (Å²) in [6.45, 7) is 5.01. The van der Waals surface area contributed by atoms with Crippen molar-refractivity contribution < 1.29 is 4.74 Å². The van der Waals surface area contributed by atoms with Gasteiger partial charge in [-0.15, -0.1) is 0 Å². The van der Waals surface area contributed by atoms with Gasteiger partial charge in [-0.3, -0.25) is 4.68 Å². The monoisotopic (exact) mass is 257 g/mol. The topological polar surface area (TPSA) is 39.1 Å². The number of benzene rings is 1. The molecule has 1 N–H and O–H groups in total. The molecule has 1 aromatic heterocycles. The Morgan fingerprint density at radius 3 is 3.00 bits per heavy atom. The van der Waals surface area contributed by atoms with E-state index in [0.29, 0.717) is 12.1 Å². The Morgan fingerprint density at radius 2 is 2.21 bits per heavy atom. The van der Waals surface area contributed by atoms with Gasteiger partial charge >= 0.3 is 0 Å². The molecule has 4 heteroatoms. The van der Waals surface area contributed by atoms with Crippen molar-refractivity contribution in [1.82, 2.24) is 9.78 Å². The zero-order chi connectivity index (χ0) is 13.2. The third-order valence-corrected chi connectivity index (χ3v) is 3.43. The first-order chi connectivity index (χ1) is 9.24. The first-order valence-corrected chi connectivity index (χ1v) is 6.76.